The molecule has 0 aliphatic heterocycles. The summed E-state index contributed by atoms with van der Waals surface area (Å²) in [6, 6.07) is 11.3. The highest BCUT2D eigenvalue weighted by Gasteiger charge is 2.09. The Morgan fingerprint density at radius 2 is 1.89 bits per heavy atom. The fraction of sp³-hybridized carbons (Fsp3) is 0.267. The van der Waals surface area contributed by atoms with Crippen LogP contribution in [-0.4, -0.2) is 23.8 Å². The molecule has 4 heteroatoms. The molecule has 0 saturated carbocycles. The van der Waals surface area contributed by atoms with Crippen molar-refractivity contribution in [2.45, 2.75) is 6.92 Å². The summed E-state index contributed by atoms with van der Waals surface area (Å²) in [6.45, 7) is 2.60. The third kappa shape index (κ3) is 3.61. The number of hydrogen-bond donors (Lipinski definition) is 0. The van der Waals surface area contributed by atoms with Gasteiger partial charge in [0.25, 0.3) is 0 Å². The van der Waals surface area contributed by atoms with E-state index >= 15 is 0 Å². The number of benzene rings is 1. The number of esters is 1. The van der Waals surface area contributed by atoms with Gasteiger partial charge in [0, 0.05) is 13.2 Å². The monoisotopic (exact) mass is 259 g/mol. The van der Waals surface area contributed by atoms with Crippen molar-refractivity contribution < 1.29 is 14.3 Å². The third-order valence-electron chi connectivity index (χ3n) is 2.76. The second-order valence-corrected chi connectivity index (χ2v) is 4.30. The van der Waals surface area contributed by atoms with E-state index in [1.807, 2.05) is 31.2 Å². The van der Waals surface area contributed by atoms with Crippen LogP contribution in [0.2, 0.25) is 0 Å². The van der Waals surface area contributed by atoms with Crippen LogP contribution in [0.4, 0.5) is 0 Å². The lowest BCUT2D eigenvalue weighted by Crippen LogP contribution is -2.14. The van der Waals surface area contributed by atoms with Crippen molar-refractivity contribution in [3.63, 3.8) is 0 Å². The van der Waals surface area contributed by atoms with Gasteiger partial charge in [-0.15, -0.1) is 0 Å². The Balaban J connectivity index is 1.74. The zero-order valence-corrected chi connectivity index (χ0v) is 11.1. The average molecular weight is 259 g/mol. The second kappa shape index (κ2) is 6.09. The molecule has 0 fully saturated rings. The first-order valence-electron chi connectivity index (χ1n) is 6.15. The number of aromatic nitrogens is 1. The first kappa shape index (κ1) is 13.2. The van der Waals surface area contributed by atoms with Gasteiger partial charge in [0.1, 0.15) is 24.7 Å². The number of rotatable bonds is 5. The number of carbonyl (C=O) groups is 1. The van der Waals surface area contributed by atoms with E-state index < -0.39 is 0 Å². The maximum atomic E-state index is 11.7. The van der Waals surface area contributed by atoms with E-state index in [0.29, 0.717) is 12.3 Å². The number of ether oxygens (including phenoxy) is 2. The minimum Gasteiger partial charge on any atom is -0.490 e. The fourth-order valence-corrected chi connectivity index (χ4v) is 1.68. The molecule has 0 N–H and O–H groups in total. The first-order chi connectivity index (χ1) is 9.16. The second-order valence-electron chi connectivity index (χ2n) is 4.30. The molecular formula is C15H17NO3. The van der Waals surface area contributed by atoms with Crippen molar-refractivity contribution in [3.05, 3.63) is 53.9 Å². The molecule has 0 amide bonds. The molecule has 1 aromatic carbocycles. The fourth-order valence-electron chi connectivity index (χ4n) is 1.68. The molecule has 1 heterocycles. The van der Waals surface area contributed by atoms with Crippen molar-refractivity contribution in [2.75, 3.05) is 13.2 Å². The minimum atomic E-state index is -0.333. The summed E-state index contributed by atoms with van der Waals surface area (Å²) >= 11 is 0. The van der Waals surface area contributed by atoms with Crippen molar-refractivity contribution in [1.82, 2.24) is 4.57 Å². The summed E-state index contributed by atoms with van der Waals surface area (Å²) in [5, 5.41) is 0. The van der Waals surface area contributed by atoms with E-state index in [9.17, 15) is 4.79 Å². The maximum absolute atomic E-state index is 11.7. The van der Waals surface area contributed by atoms with Gasteiger partial charge in [-0.05, 0) is 31.2 Å². The van der Waals surface area contributed by atoms with Crippen LogP contribution in [0.15, 0.2) is 42.6 Å². The normalized spacial score (nSPS) is 10.2. The Morgan fingerprint density at radius 1 is 1.16 bits per heavy atom. The molecule has 19 heavy (non-hydrogen) atoms. The lowest BCUT2D eigenvalue weighted by molar-refractivity contribution is 0.0439. The predicted molar refractivity (Wildman–Crippen MR) is 72.4 cm³/mol. The van der Waals surface area contributed by atoms with Gasteiger partial charge in [0.15, 0.2) is 0 Å². The van der Waals surface area contributed by atoms with Crippen LogP contribution >= 0.6 is 0 Å². The topological polar surface area (TPSA) is 40.5 Å². The van der Waals surface area contributed by atoms with E-state index in [1.165, 1.54) is 5.56 Å². The van der Waals surface area contributed by atoms with Gasteiger partial charge in [0.2, 0.25) is 0 Å². The van der Waals surface area contributed by atoms with Crippen molar-refractivity contribution in [1.29, 1.82) is 0 Å². The Hall–Kier alpha value is -2.23. The van der Waals surface area contributed by atoms with Gasteiger partial charge in [-0.25, -0.2) is 4.79 Å². The van der Waals surface area contributed by atoms with Gasteiger partial charge in [-0.1, -0.05) is 17.7 Å². The van der Waals surface area contributed by atoms with Crippen molar-refractivity contribution in [3.8, 4) is 5.75 Å². The number of carbonyl (C=O) groups excluding carboxylic acids is 1. The van der Waals surface area contributed by atoms with E-state index in [2.05, 4.69) is 0 Å². The van der Waals surface area contributed by atoms with Crippen LogP contribution in [0, 0.1) is 6.92 Å². The lowest BCUT2D eigenvalue weighted by Gasteiger charge is -2.08. The molecule has 0 bridgehead atoms. The van der Waals surface area contributed by atoms with E-state index in [4.69, 9.17) is 9.47 Å². The Morgan fingerprint density at radius 3 is 2.53 bits per heavy atom. The third-order valence-corrected chi connectivity index (χ3v) is 2.76. The summed E-state index contributed by atoms with van der Waals surface area (Å²) in [4.78, 5) is 11.7. The molecule has 0 atom stereocenters. The van der Waals surface area contributed by atoms with Gasteiger partial charge < -0.3 is 14.0 Å². The summed E-state index contributed by atoms with van der Waals surface area (Å²) in [5.74, 6) is 0.445. The summed E-state index contributed by atoms with van der Waals surface area (Å²) in [5.41, 5.74) is 1.72. The van der Waals surface area contributed by atoms with E-state index in [1.54, 1.807) is 29.9 Å². The molecule has 2 rings (SSSR count). The molecule has 1 aromatic heterocycles. The Labute approximate surface area is 112 Å². The van der Waals surface area contributed by atoms with Crippen LogP contribution in [0.3, 0.4) is 0 Å². The predicted octanol–water partition coefficient (Wildman–Crippen LogP) is 2.57. The SMILES string of the molecule is Cc1ccc(OCCOC(=O)c2cccn2C)cc1. The molecule has 100 valence electrons. The van der Waals surface area contributed by atoms with Gasteiger partial charge >= 0.3 is 5.97 Å². The molecule has 0 spiro atoms. The van der Waals surface area contributed by atoms with Crippen LogP contribution in [0.5, 0.6) is 5.75 Å². The molecule has 0 aliphatic rings. The first-order valence-corrected chi connectivity index (χ1v) is 6.15. The maximum Gasteiger partial charge on any atom is 0.355 e. The average Bonchev–Trinajstić information content (AvgIpc) is 2.83. The van der Waals surface area contributed by atoms with Crippen LogP contribution in [0.25, 0.3) is 0 Å². The zero-order chi connectivity index (χ0) is 13.7. The Kier molecular flexibility index (Phi) is 4.23. The molecule has 0 unspecified atom stereocenters. The molecule has 0 aliphatic carbocycles. The van der Waals surface area contributed by atoms with Crippen LogP contribution in [-0.2, 0) is 11.8 Å². The van der Waals surface area contributed by atoms with Gasteiger partial charge in [0.05, 0.1) is 0 Å². The molecule has 2 aromatic rings. The van der Waals surface area contributed by atoms with Crippen LogP contribution in [0.1, 0.15) is 16.1 Å². The summed E-state index contributed by atoms with van der Waals surface area (Å²) in [7, 11) is 1.80. The summed E-state index contributed by atoms with van der Waals surface area (Å²) < 4.78 is 12.3. The standard InChI is InChI=1S/C15H17NO3/c1-12-5-7-13(8-6-12)18-10-11-19-15(17)14-4-3-9-16(14)2/h3-9H,10-11H2,1-2H3. The Bertz CT molecular complexity index is 543. The zero-order valence-electron chi connectivity index (χ0n) is 11.1. The number of hydrogen-bond acceptors (Lipinski definition) is 3. The van der Waals surface area contributed by atoms with Crippen molar-refractivity contribution >= 4 is 5.97 Å². The summed E-state index contributed by atoms with van der Waals surface area (Å²) in [6.07, 6.45) is 1.80. The highest BCUT2D eigenvalue weighted by Crippen LogP contribution is 2.11. The minimum absolute atomic E-state index is 0.234. The molecule has 0 radical (unpaired) electrons. The van der Waals surface area contributed by atoms with E-state index in [-0.39, 0.29) is 12.6 Å². The van der Waals surface area contributed by atoms with Crippen molar-refractivity contribution in [2.24, 2.45) is 7.05 Å². The largest absolute Gasteiger partial charge is 0.490 e. The quantitative estimate of drug-likeness (QED) is 0.612. The molecule has 0 saturated heterocycles. The number of aryl methyl sites for hydroxylation is 2. The number of nitrogens with zero attached hydrogens (tertiary/aromatic N) is 1. The molecule has 4 nitrogen and oxygen atoms in total. The van der Waals surface area contributed by atoms with Gasteiger partial charge in [-0.3, -0.25) is 0 Å². The van der Waals surface area contributed by atoms with Gasteiger partial charge in [-0.2, -0.15) is 0 Å². The smallest absolute Gasteiger partial charge is 0.355 e. The van der Waals surface area contributed by atoms with Crippen LogP contribution < -0.4 is 4.74 Å². The lowest BCUT2D eigenvalue weighted by atomic mass is 10.2. The highest BCUT2D eigenvalue weighted by atomic mass is 16.6. The molecular weight excluding hydrogens is 242 g/mol. The highest BCUT2D eigenvalue weighted by molar-refractivity contribution is 5.87. The van der Waals surface area contributed by atoms with E-state index in [0.717, 1.165) is 5.75 Å².